The van der Waals surface area contributed by atoms with Crippen LogP contribution in [0.15, 0.2) is 42.5 Å². The number of rotatable bonds is 9. The molecule has 0 radical (unpaired) electrons. The minimum atomic E-state index is -1.19. The minimum Gasteiger partial charge on any atom is -0.497 e. The van der Waals surface area contributed by atoms with Gasteiger partial charge in [0.2, 0.25) is 0 Å². The number of nitrogens with one attached hydrogen (secondary N) is 1. The molecule has 2 aromatic rings. The van der Waals surface area contributed by atoms with Crippen molar-refractivity contribution >= 4 is 11.9 Å². The number of carbonyl (C=O) groups is 2. The summed E-state index contributed by atoms with van der Waals surface area (Å²) in [6, 6.07) is 10.0. The van der Waals surface area contributed by atoms with Crippen molar-refractivity contribution in [2.75, 3.05) is 20.8 Å². The Morgan fingerprint density at radius 1 is 1.00 bits per heavy atom. The number of amides is 1. The van der Waals surface area contributed by atoms with E-state index in [-0.39, 0.29) is 5.56 Å². The molecule has 150 valence electrons. The smallest absolute Gasteiger partial charge is 0.330 e. The maximum absolute atomic E-state index is 12.6. The molecule has 0 aliphatic rings. The maximum atomic E-state index is 12.6. The zero-order valence-corrected chi connectivity index (χ0v) is 16.4. The van der Waals surface area contributed by atoms with E-state index in [9.17, 15) is 14.7 Å². The third-order valence-electron chi connectivity index (χ3n) is 3.97. The molecular weight excluding hydrogens is 362 g/mol. The number of carbonyl (C=O) groups excluding carboxylic acids is 1. The molecule has 7 heteroatoms. The van der Waals surface area contributed by atoms with Gasteiger partial charge >= 0.3 is 5.97 Å². The van der Waals surface area contributed by atoms with E-state index < -0.39 is 17.9 Å². The summed E-state index contributed by atoms with van der Waals surface area (Å²) in [6.07, 6.45) is 0. The molecule has 0 saturated carbocycles. The van der Waals surface area contributed by atoms with Crippen LogP contribution in [0.3, 0.4) is 0 Å². The highest BCUT2D eigenvalue weighted by atomic mass is 16.5. The lowest BCUT2D eigenvalue weighted by Gasteiger charge is -2.17. The summed E-state index contributed by atoms with van der Waals surface area (Å²) in [7, 11) is 3.00. The Morgan fingerprint density at radius 2 is 1.68 bits per heavy atom. The van der Waals surface area contributed by atoms with Gasteiger partial charge in [-0.1, -0.05) is 26.0 Å². The second kappa shape index (κ2) is 9.64. The van der Waals surface area contributed by atoms with Gasteiger partial charge in [0.25, 0.3) is 5.91 Å². The third-order valence-corrected chi connectivity index (χ3v) is 3.97. The average Bonchev–Trinajstić information content (AvgIpc) is 2.69. The molecule has 1 unspecified atom stereocenters. The van der Waals surface area contributed by atoms with E-state index in [1.54, 1.807) is 36.4 Å². The quantitative estimate of drug-likeness (QED) is 0.686. The van der Waals surface area contributed by atoms with Crippen molar-refractivity contribution in [2.45, 2.75) is 19.9 Å². The first-order valence-electron chi connectivity index (χ1n) is 8.84. The second-order valence-corrected chi connectivity index (χ2v) is 6.59. The number of hydrogen-bond donors (Lipinski definition) is 2. The fourth-order valence-corrected chi connectivity index (χ4v) is 2.48. The summed E-state index contributed by atoms with van der Waals surface area (Å²) in [6.45, 7) is 4.57. The second-order valence-electron chi connectivity index (χ2n) is 6.59. The molecule has 0 aromatic heterocycles. The molecular formula is C21H25NO6. The predicted octanol–water partition coefficient (Wildman–Crippen LogP) is 3.29. The first-order valence-corrected chi connectivity index (χ1v) is 8.84. The molecule has 0 spiro atoms. The Labute approximate surface area is 164 Å². The molecule has 1 atom stereocenters. The van der Waals surface area contributed by atoms with Crippen LogP contribution >= 0.6 is 0 Å². The van der Waals surface area contributed by atoms with Gasteiger partial charge in [0.05, 0.1) is 20.8 Å². The first-order chi connectivity index (χ1) is 13.3. The number of aliphatic carboxylic acids is 1. The van der Waals surface area contributed by atoms with Crippen LogP contribution < -0.4 is 19.5 Å². The lowest BCUT2D eigenvalue weighted by molar-refractivity contribution is -0.139. The van der Waals surface area contributed by atoms with Gasteiger partial charge in [0.1, 0.15) is 5.75 Å². The van der Waals surface area contributed by atoms with Crippen LogP contribution in [0.5, 0.6) is 17.2 Å². The lowest BCUT2D eigenvalue weighted by atomic mass is 10.1. The van der Waals surface area contributed by atoms with E-state index in [1.165, 1.54) is 20.3 Å². The van der Waals surface area contributed by atoms with Crippen LogP contribution in [0.1, 0.15) is 35.8 Å². The highest BCUT2D eigenvalue weighted by Crippen LogP contribution is 2.29. The summed E-state index contributed by atoms with van der Waals surface area (Å²) in [5.41, 5.74) is 0.707. The van der Waals surface area contributed by atoms with Gasteiger partial charge in [-0.15, -0.1) is 0 Å². The van der Waals surface area contributed by atoms with Crippen molar-refractivity contribution in [1.29, 1.82) is 0 Å². The molecule has 2 aromatic carbocycles. The molecule has 2 rings (SSSR count). The molecule has 28 heavy (non-hydrogen) atoms. The van der Waals surface area contributed by atoms with Crippen LogP contribution in [0, 0.1) is 5.92 Å². The standard InChI is InChI=1S/C21H25NO6/c1-13(2)12-28-17-10-7-15(11-18(17)27-4)20(23)22-19(21(24)25)14-5-8-16(26-3)9-6-14/h5-11,13,19H,12H2,1-4H3,(H,22,23)(H,24,25). The van der Waals surface area contributed by atoms with Crippen molar-refractivity contribution in [3.05, 3.63) is 53.6 Å². The fourth-order valence-electron chi connectivity index (χ4n) is 2.48. The number of carboxylic acids is 1. The normalized spacial score (nSPS) is 11.6. The van der Waals surface area contributed by atoms with Crippen molar-refractivity contribution in [2.24, 2.45) is 5.92 Å². The van der Waals surface area contributed by atoms with Crippen molar-refractivity contribution in [1.82, 2.24) is 5.32 Å². The van der Waals surface area contributed by atoms with Gasteiger partial charge in [0.15, 0.2) is 17.5 Å². The number of ether oxygens (including phenoxy) is 3. The van der Waals surface area contributed by atoms with E-state index in [0.717, 1.165) is 0 Å². The Hall–Kier alpha value is -3.22. The molecule has 7 nitrogen and oxygen atoms in total. The van der Waals surface area contributed by atoms with Crippen LogP contribution in [0.2, 0.25) is 0 Å². The van der Waals surface area contributed by atoms with E-state index >= 15 is 0 Å². The van der Waals surface area contributed by atoms with Gasteiger partial charge in [0, 0.05) is 5.56 Å². The van der Waals surface area contributed by atoms with Gasteiger partial charge in [-0.05, 0) is 41.8 Å². The number of carboxylic acid groups (broad SMARTS) is 1. The highest BCUT2D eigenvalue weighted by Gasteiger charge is 2.23. The molecule has 0 aliphatic carbocycles. The van der Waals surface area contributed by atoms with Gasteiger partial charge in [-0.2, -0.15) is 0 Å². The van der Waals surface area contributed by atoms with E-state index in [0.29, 0.717) is 35.3 Å². The van der Waals surface area contributed by atoms with Crippen molar-refractivity contribution < 1.29 is 28.9 Å². The monoisotopic (exact) mass is 387 g/mol. The zero-order chi connectivity index (χ0) is 20.7. The molecule has 0 fully saturated rings. The average molecular weight is 387 g/mol. The largest absolute Gasteiger partial charge is 0.497 e. The van der Waals surface area contributed by atoms with Crippen molar-refractivity contribution in [3.8, 4) is 17.2 Å². The lowest BCUT2D eigenvalue weighted by Crippen LogP contribution is -2.33. The van der Waals surface area contributed by atoms with Crippen LogP contribution in [-0.4, -0.2) is 37.8 Å². The van der Waals surface area contributed by atoms with Gasteiger partial charge < -0.3 is 24.6 Å². The maximum Gasteiger partial charge on any atom is 0.330 e. The van der Waals surface area contributed by atoms with E-state index in [4.69, 9.17) is 14.2 Å². The molecule has 0 saturated heterocycles. The molecule has 0 aliphatic heterocycles. The molecule has 0 bridgehead atoms. The third kappa shape index (κ3) is 5.39. The van der Waals surface area contributed by atoms with Crippen LogP contribution in [-0.2, 0) is 4.79 Å². The summed E-state index contributed by atoms with van der Waals surface area (Å²) in [5.74, 6) is 0.177. The minimum absolute atomic E-state index is 0.272. The highest BCUT2D eigenvalue weighted by molar-refractivity contribution is 5.97. The Kier molecular flexibility index (Phi) is 7.26. The summed E-state index contributed by atoms with van der Waals surface area (Å²) < 4.78 is 16.0. The Balaban J connectivity index is 2.19. The number of hydrogen-bond acceptors (Lipinski definition) is 5. The topological polar surface area (TPSA) is 94.1 Å². The summed E-state index contributed by atoms with van der Waals surface area (Å²) in [4.78, 5) is 24.3. The van der Waals surface area contributed by atoms with E-state index in [1.807, 2.05) is 13.8 Å². The first kappa shape index (κ1) is 21.1. The van der Waals surface area contributed by atoms with E-state index in [2.05, 4.69) is 5.32 Å². The SMILES string of the molecule is COc1ccc(C(NC(=O)c2ccc(OCC(C)C)c(OC)c2)C(=O)O)cc1. The summed E-state index contributed by atoms with van der Waals surface area (Å²) in [5, 5.41) is 12.1. The Bertz CT molecular complexity index is 816. The molecule has 1 amide bonds. The van der Waals surface area contributed by atoms with Gasteiger partial charge in [-0.3, -0.25) is 4.79 Å². The number of benzene rings is 2. The van der Waals surface area contributed by atoms with Crippen LogP contribution in [0.25, 0.3) is 0 Å². The Morgan fingerprint density at radius 3 is 2.21 bits per heavy atom. The van der Waals surface area contributed by atoms with Crippen molar-refractivity contribution in [3.63, 3.8) is 0 Å². The fraction of sp³-hybridized carbons (Fsp3) is 0.333. The molecule has 0 heterocycles. The zero-order valence-electron chi connectivity index (χ0n) is 16.4. The summed E-state index contributed by atoms with van der Waals surface area (Å²) >= 11 is 0. The van der Waals surface area contributed by atoms with Crippen LogP contribution in [0.4, 0.5) is 0 Å². The molecule has 2 N–H and O–H groups in total. The number of methoxy groups -OCH3 is 2. The van der Waals surface area contributed by atoms with Gasteiger partial charge in [-0.25, -0.2) is 4.79 Å². The predicted molar refractivity (Wildman–Crippen MR) is 104 cm³/mol.